The van der Waals surface area contributed by atoms with Gasteiger partial charge in [-0.05, 0) is 56.2 Å². The Morgan fingerprint density at radius 1 is 1.17 bits per heavy atom. The molecule has 8 heteroatoms. The van der Waals surface area contributed by atoms with Crippen molar-refractivity contribution in [2.75, 3.05) is 18.0 Å². The fourth-order valence-corrected chi connectivity index (χ4v) is 6.68. The first-order valence-electron chi connectivity index (χ1n) is 9.90. The lowest BCUT2D eigenvalue weighted by molar-refractivity contribution is -0.123. The normalized spacial score (nSPS) is 17.7. The summed E-state index contributed by atoms with van der Waals surface area (Å²) < 4.78 is 33.4. The Labute approximate surface area is 180 Å². The van der Waals surface area contributed by atoms with Gasteiger partial charge in [-0.25, -0.2) is 8.42 Å². The first-order valence-corrected chi connectivity index (χ1v) is 12.2. The minimum absolute atomic E-state index is 0.0835. The van der Waals surface area contributed by atoms with Crippen LogP contribution in [0.1, 0.15) is 23.5 Å². The van der Waals surface area contributed by atoms with E-state index >= 15 is 0 Å². The van der Waals surface area contributed by atoms with Crippen molar-refractivity contribution in [1.29, 1.82) is 0 Å². The number of benzene rings is 1. The SMILES string of the molecule is Cc1ccc(S(=O)(=O)N2CCCC(C(=O)N(Cc3ccco3)c3ccccc3)C2)s1. The molecule has 30 heavy (non-hydrogen) atoms. The Hall–Kier alpha value is -2.42. The largest absolute Gasteiger partial charge is 0.467 e. The molecular weight excluding hydrogens is 420 g/mol. The number of anilines is 1. The molecule has 1 aliphatic heterocycles. The summed E-state index contributed by atoms with van der Waals surface area (Å²) in [5, 5.41) is 0. The third-order valence-electron chi connectivity index (χ3n) is 5.27. The molecule has 1 saturated heterocycles. The highest BCUT2D eigenvalue weighted by Gasteiger charge is 2.36. The number of carbonyl (C=O) groups excluding carboxylic acids is 1. The summed E-state index contributed by atoms with van der Waals surface area (Å²) in [4.78, 5) is 16.1. The van der Waals surface area contributed by atoms with E-state index in [0.717, 1.165) is 10.6 Å². The highest BCUT2D eigenvalue weighted by Crippen LogP contribution is 2.30. The molecule has 1 atom stereocenters. The number of sulfonamides is 1. The molecule has 0 bridgehead atoms. The van der Waals surface area contributed by atoms with Crippen molar-refractivity contribution in [3.63, 3.8) is 0 Å². The molecule has 158 valence electrons. The molecule has 1 unspecified atom stereocenters. The van der Waals surface area contributed by atoms with Gasteiger partial charge in [0.25, 0.3) is 10.0 Å². The Kier molecular flexibility index (Phi) is 6.08. The van der Waals surface area contributed by atoms with Crippen LogP contribution in [0.15, 0.2) is 69.5 Å². The van der Waals surface area contributed by atoms with E-state index in [1.54, 1.807) is 23.3 Å². The zero-order valence-corrected chi connectivity index (χ0v) is 18.4. The summed E-state index contributed by atoms with van der Waals surface area (Å²) in [6.07, 6.45) is 2.90. The van der Waals surface area contributed by atoms with Gasteiger partial charge in [-0.15, -0.1) is 11.3 Å². The minimum atomic E-state index is -3.59. The predicted molar refractivity (Wildman–Crippen MR) is 117 cm³/mol. The fourth-order valence-electron chi connectivity index (χ4n) is 3.72. The standard InChI is InChI=1S/C22H24N2O4S2/c1-17-11-12-21(29-17)30(26,27)23-13-5-7-18(15-23)22(25)24(16-20-10-6-14-28-20)19-8-3-2-4-9-19/h2-4,6,8-12,14,18H,5,7,13,15-16H2,1H3. The number of piperidine rings is 1. The molecule has 0 N–H and O–H groups in total. The molecule has 1 amide bonds. The quantitative estimate of drug-likeness (QED) is 0.569. The zero-order chi connectivity index (χ0) is 21.1. The number of amides is 1. The lowest BCUT2D eigenvalue weighted by Crippen LogP contribution is -2.46. The Balaban J connectivity index is 1.57. The molecule has 3 heterocycles. The van der Waals surface area contributed by atoms with Gasteiger partial charge in [0.2, 0.25) is 5.91 Å². The molecule has 3 aromatic rings. The molecule has 4 rings (SSSR count). The van der Waals surface area contributed by atoms with E-state index in [-0.39, 0.29) is 12.5 Å². The molecule has 0 spiro atoms. The van der Waals surface area contributed by atoms with Gasteiger partial charge in [-0.2, -0.15) is 4.31 Å². The van der Waals surface area contributed by atoms with Crippen LogP contribution in [0, 0.1) is 12.8 Å². The third kappa shape index (κ3) is 4.35. The van der Waals surface area contributed by atoms with Crippen LogP contribution in [0.2, 0.25) is 0 Å². The summed E-state index contributed by atoms with van der Waals surface area (Å²) >= 11 is 1.27. The maximum absolute atomic E-state index is 13.5. The first kappa shape index (κ1) is 20.8. The highest BCUT2D eigenvalue weighted by molar-refractivity contribution is 7.91. The first-order chi connectivity index (χ1) is 14.4. The number of aryl methyl sites for hydroxylation is 1. The van der Waals surface area contributed by atoms with Crippen molar-refractivity contribution in [3.05, 3.63) is 71.5 Å². The summed E-state index contributed by atoms with van der Waals surface area (Å²) in [6, 6.07) is 16.5. The van der Waals surface area contributed by atoms with Crippen molar-refractivity contribution in [2.24, 2.45) is 5.92 Å². The van der Waals surface area contributed by atoms with E-state index in [9.17, 15) is 13.2 Å². The fraction of sp³-hybridized carbons (Fsp3) is 0.318. The number of nitrogens with zero attached hydrogens (tertiary/aromatic N) is 2. The van der Waals surface area contributed by atoms with Gasteiger partial charge < -0.3 is 9.32 Å². The van der Waals surface area contributed by atoms with E-state index in [2.05, 4.69) is 0 Å². The van der Waals surface area contributed by atoms with Crippen LogP contribution >= 0.6 is 11.3 Å². The van der Waals surface area contributed by atoms with Crippen molar-refractivity contribution < 1.29 is 17.6 Å². The summed E-state index contributed by atoms with van der Waals surface area (Å²) in [5.74, 6) is 0.200. The van der Waals surface area contributed by atoms with E-state index in [1.165, 1.54) is 15.6 Å². The highest BCUT2D eigenvalue weighted by atomic mass is 32.2. The van der Waals surface area contributed by atoms with E-state index in [1.807, 2.05) is 49.4 Å². The number of para-hydroxylation sites is 1. The van der Waals surface area contributed by atoms with Gasteiger partial charge in [0.1, 0.15) is 9.97 Å². The van der Waals surface area contributed by atoms with Gasteiger partial charge in [-0.1, -0.05) is 18.2 Å². The van der Waals surface area contributed by atoms with Crippen LogP contribution in [0.5, 0.6) is 0 Å². The lowest BCUT2D eigenvalue weighted by Gasteiger charge is -2.34. The van der Waals surface area contributed by atoms with Crippen LogP contribution in [-0.4, -0.2) is 31.7 Å². The minimum Gasteiger partial charge on any atom is -0.467 e. The van der Waals surface area contributed by atoms with Crippen LogP contribution in [0.25, 0.3) is 0 Å². The number of hydrogen-bond donors (Lipinski definition) is 0. The molecule has 6 nitrogen and oxygen atoms in total. The van der Waals surface area contributed by atoms with Crippen LogP contribution in [0.3, 0.4) is 0 Å². The molecule has 0 radical (unpaired) electrons. The topological polar surface area (TPSA) is 70.8 Å². The van der Waals surface area contributed by atoms with Gasteiger partial charge >= 0.3 is 0 Å². The molecule has 1 aromatic carbocycles. The Bertz CT molecular complexity index is 1090. The zero-order valence-electron chi connectivity index (χ0n) is 16.7. The predicted octanol–water partition coefficient (Wildman–Crippen LogP) is 4.28. The van der Waals surface area contributed by atoms with Crippen molar-refractivity contribution in [2.45, 2.75) is 30.5 Å². The Morgan fingerprint density at radius 3 is 2.63 bits per heavy atom. The lowest BCUT2D eigenvalue weighted by atomic mass is 9.97. The molecule has 1 aliphatic rings. The van der Waals surface area contributed by atoms with Crippen LogP contribution < -0.4 is 4.90 Å². The number of thiophene rings is 1. The van der Waals surface area contributed by atoms with E-state index < -0.39 is 15.9 Å². The molecule has 0 aliphatic carbocycles. The maximum atomic E-state index is 13.5. The van der Waals surface area contributed by atoms with Gasteiger partial charge in [0, 0.05) is 23.7 Å². The number of rotatable bonds is 6. The number of hydrogen-bond acceptors (Lipinski definition) is 5. The number of carbonyl (C=O) groups is 1. The average Bonchev–Trinajstić information content (AvgIpc) is 3.44. The molecule has 0 saturated carbocycles. The smallest absolute Gasteiger partial charge is 0.252 e. The summed E-state index contributed by atoms with van der Waals surface area (Å²) in [5.41, 5.74) is 0.771. The second-order valence-corrected chi connectivity index (χ2v) is 10.9. The van der Waals surface area contributed by atoms with Crippen molar-refractivity contribution >= 4 is 33.0 Å². The number of furan rings is 1. The van der Waals surface area contributed by atoms with Crippen LogP contribution in [-0.2, 0) is 21.4 Å². The third-order valence-corrected chi connectivity index (χ3v) is 8.60. The van der Waals surface area contributed by atoms with E-state index in [4.69, 9.17) is 4.42 Å². The maximum Gasteiger partial charge on any atom is 0.252 e. The Morgan fingerprint density at radius 2 is 1.97 bits per heavy atom. The summed E-state index contributed by atoms with van der Waals surface area (Å²) in [6.45, 7) is 2.83. The van der Waals surface area contributed by atoms with Crippen molar-refractivity contribution in [3.8, 4) is 0 Å². The molecule has 2 aromatic heterocycles. The van der Waals surface area contributed by atoms with Gasteiger partial charge in [-0.3, -0.25) is 4.79 Å². The van der Waals surface area contributed by atoms with E-state index in [0.29, 0.717) is 35.9 Å². The summed E-state index contributed by atoms with van der Waals surface area (Å²) in [7, 11) is -3.59. The molecular formula is C22H24N2O4S2. The monoisotopic (exact) mass is 444 g/mol. The second kappa shape index (κ2) is 8.75. The van der Waals surface area contributed by atoms with Gasteiger partial charge in [0.05, 0.1) is 18.7 Å². The van der Waals surface area contributed by atoms with Crippen LogP contribution in [0.4, 0.5) is 5.69 Å². The average molecular weight is 445 g/mol. The van der Waals surface area contributed by atoms with Gasteiger partial charge in [0.15, 0.2) is 0 Å². The van der Waals surface area contributed by atoms with Crippen molar-refractivity contribution in [1.82, 2.24) is 4.31 Å². The molecule has 1 fully saturated rings. The second-order valence-electron chi connectivity index (χ2n) is 7.41.